The maximum absolute atomic E-state index is 13.0. The number of rotatable bonds is 2. The molecule has 0 N–H and O–H groups in total. The minimum absolute atomic E-state index is 0.256. The minimum atomic E-state index is -1.31. The fourth-order valence-corrected chi connectivity index (χ4v) is 1.43. The Morgan fingerprint density at radius 2 is 2.17 bits per heavy atom. The average Bonchev–Trinajstić information content (AvgIpc) is 2.40. The summed E-state index contributed by atoms with van der Waals surface area (Å²) in [6.07, 6.45) is 6.47. The Morgan fingerprint density at radius 3 is 2.89 bits per heavy atom. The van der Waals surface area contributed by atoms with E-state index in [0.717, 1.165) is 23.1 Å². The maximum Gasteiger partial charge on any atom is 0.253 e. The van der Waals surface area contributed by atoms with Gasteiger partial charge in [0, 0.05) is 24.5 Å². The molecular weight excluding hydrogens is 237 g/mol. The van der Waals surface area contributed by atoms with Crippen LogP contribution in [0.5, 0.6) is 0 Å². The van der Waals surface area contributed by atoms with Crippen molar-refractivity contribution in [2.45, 2.75) is 6.17 Å². The molecule has 0 aliphatic carbocycles. The van der Waals surface area contributed by atoms with Crippen LogP contribution in [-0.4, -0.2) is 39.4 Å². The van der Waals surface area contributed by atoms with Gasteiger partial charge in [0.25, 0.3) is 11.8 Å². The molecule has 1 aliphatic heterocycles. The van der Waals surface area contributed by atoms with Gasteiger partial charge in [-0.1, -0.05) is 0 Å². The molecule has 0 saturated carbocycles. The third-order valence-corrected chi connectivity index (χ3v) is 2.30. The molecule has 1 unspecified atom stereocenters. The van der Waals surface area contributed by atoms with Crippen LogP contribution in [0.25, 0.3) is 6.08 Å². The zero-order valence-electron chi connectivity index (χ0n) is 9.36. The number of halogens is 1. The number of nitrogens with zero attached hydrogens (tertiary/aromatic N) is 3. The van der Waals surface area contributed by atoms with Crippen LogP contribution >= 0.6 is 0 Å². The summed E-state index contributed by atoms with van der Waals surface area (Å²) in [5.41, 5.74) is 0. The second-order valence-corrected chi connectivity index (χ2v) is 3.60. The molecule has 18 heavy (non-hydrogen) atoms. The van der Waals surface area contributed by atoms with Crippen molar-refractivity contribution < 1.29 is 14.0 Å². The van der Waals surface area contributed by atoms with Gasteiger partial charge in [-0.05, 0) is 18.2 Å². The number of amides is 2. The highest BCUT2D eigenvalue weighted by Gasteiger charge is 2.24. The summed E-state index contributed by atoms with van der Waals surface area (Å²) in [7, 11) is 0. The van der Waals surface area contributed by atoms with Crippen molar-refractivity contribution in [1.29, 1.82) is 0 Å². The third kappa shape index (κ3) is 2.85. The van der Waals surface area contributed by atoms with E-state index in [0.29, 0.717) is 5.82 Å². The smallest absolute Gasteiger partial charge is 0.253 e. The summed E-state index contributed by atoms with van der Waals surface area (Å²) in [6.45, 7) is -0.256. The van der Waals surface area contributed by atoms with Gasteiger partial charge in [0.15, 0.2) is 5.82 Å². The zero-order valence-corrected chi connectivity index (χ0v) is 9.36. The van der Waals surface area contributed by atoms with Crippen molar-refractivity contribution in [3.63, 3.8) is 0 Å². The molecule has 5 nitrogen and oxygen atoms in total. The summed E-state index contributed by atoms with van der Waals surface area (Å²) in [5, 5.41) is 0. The molecule has 1 aromatic rings. The lowest BCUT2D eigenvalue weighted by Gasteiger charge is -2.21. The molecule has 0 aromatic carbocycles. The Kier molecular flexibility index (Phi) is 3.57. The molecule has 1 atom stereocenters. The normalized spacial score (nSPS) is 19.5. The first-order chi connectivity index (χ1) is 8.66. The fraction of sp³-hybridized carbons (Fsp3) is 0.167. The van der Waals surface area contributed by atoms with Crippen LogP contribution < -0.4 is 0 Å². The van der Waals surface area contributed by atoms with E-state index in [1.165, 1.54) is 18.5 Å². The summed E-state index contributed by atoms with van der Waals surface area (Å²) < 4.78 is 13.0. The Hall–Kier alpha value is -2.37. The second-order valence-electron chi connectivity index (χ2n) is 3.60. The Bertz CT molecular complexity index is 513. The first kappa shape index (κ1) is 12.1. The van der Waals surface area contributed by atoms with Crippen LogP contribution in [0.2, 0.25) is 0 Å². The number of carbonyl (C=O) groups excluding carboxylic acids is 2. The van der Waals surface area contributed by atoms with E-state index < -0.39 is 18.0 Å². The topological polar surface area (TPSA) is 63.2 Å². The Balaban J connectivity index is 2.06. The highest BCUT2D eigenvalue weighted by molar-refractivity contribution is 6.06. The van der Waals surface area contributed by atoms with Crippen LogP contribution in [0.1, 0.15) is 5.82 Å². The van der Waals surface area contributed by atoms with Crippen LogP contribution in [0.15, 0.2) is 36.7 Å². The maximum atomic E-state index is 13.0. The van der Waals surface area contributed by atoms with E-state index in [1.54, 1.807) is 6.07 Å². The summed E-state index contributed by atoms with van der Waals surface area (Å²) >= 11 is 0. The predicted molar refractivity (Wildman–Crippen MR) is 61.8 cm³/mol. The van der Waals surface area contributed by atoms with Crippen LogP contribution in [0.3, 0.4) is 0 Å². The molecule has 2 amide bonds. The third-order valence-electron chi connectivity index (χ3n) is 2.30. The predicted octanol–water partition coefficient (Wildman–Crippen LogP) is 0.753. The van der Waals surface area contributed by atoms with E-state index in [-0.39, 0.29) is 6.54 Å². The Labute approximate surface area is 103 Å². The van der Waals surface area contributed by atoms with Crippen molar-refractivity contribution in [3.05, 3.63) is 42.5 Å². The van der Waals surface area contributed by atoms with Crippen LogP contribution in [0.4, 0.5) is 4.39 Å². The number of hydrogen-bond donors (Lipinski definition) is 0. The molecule has 92 valence electrons. The van der Waals surface area contributed by atoms with Crippen molar-refractivity contribution in [3.8, 4) is 0 Å². The van der Waals surface area contributed by atoms with Crippen molar-refractivity contribution in [2.24, 2.45) is 0 Å². The monoisotopic (exact) mass is 247 g/mol. The van der Waals surface area contributed by atoms with Gasteiger partial charge >= 0.3 is 0 Å². The van der Waals surface area contributed by atoms with Crippen LogP contribution in [0, 0.1) is 0 Å². The molecule has 0 spiro atoms. The van der Waals surface area contributed by atoms with E-state index in [9.17, 15) is 14.0 Å². The van der Waals surface area contributed by atoms with Gasteiger partial charge in [-0.2, -0.15) is 0 Å². The average molecular weight is 247 g/mol. The van der Waals surface area contributed by atoms with Gasteiger partial charge < -0.3 is 0 Å². The summed E-state index contributed by atoms with van der Waals surface area (Å²) in [6, 6.07) is 1.64. The molecule has 1 aromatic heterocycles. The summed E-state index contributed by atoms with van der Waals surface area (Å²) in [5.74, 6) is -0.755. The first-order valence-electron chi connectivity index (χ1n) is 5.29. The molecule has 0 bridgehead atoms. The molecule has 2 heterocycles. The standard InChI is InChI=1S/C12H10FN3O2/c13-9-2-4-11(17)16(8-9)12(18)5-3-10-14-6-1-7-15-10/h1-7,9H,8H2/b5-3+. The summed E-state index contributed by atoms with van der Waals surface area (Å²) in [4.78, 5) is 31.7. The molecule has 2 rings (SSSR count). The van der Waals surface area contributed by atoms with Crippen molar-refractivity contribution in [2.75, 3.05) is 6.54 Å². The molecule has 0 fully saturated rings. The number of imide groups is 1. The Morgan fingerprint density at radius 1 is 1.44 bits per heavy atom. The van der Waals surface area contributed by atoms with Gasteiger partial charge in [0.05, 0.1) is 6.54 Å². The molecule has 6 heteroatoms. The lowest BCUT2D eigenvalue weighted by Crippen LogP contribution is -2.41. The number of hydrogen-bond acceptors (Lipinski definition) is 4. The van der Waals surface area contributed by atoms with Gasteiger partial charge in [0.1, 0.15) is 6.17 Å². The molecular formula is C12H10FN3O2. The minimum Gasteiger partial charge on any atom is -0.272 e. The molecule has 1 aliphatic rings. The lowest BCUT2D eigenvalue weighted by molar-refractivity contribution is -0.140. The SMILES string of the molecule is O=C1C=CC(F)CN1C(=O)/C=C/c1ncccn1. The van der Waals surface area contributed by atoms with Gasteiger partial charge in [0.2, 0.25) is 0 Å². The number of aromatic nitrogens is 2. The zero-order chi connectivity index (χ0) is 13.0. The van der Waals surface area contributed by atoms with E-state index >= 15 is 0 Å². The largest absolute Gasteiger partial charge is 0.272 e. The van der Waals surface area contributed by atoms with Crippen molar-refractivity contribution in [1.82, 2.24) is 14.9 Å². The first-order valence-corrected chi connectivity index (χ1v) is 5.29. The van der Waals surface area contributed by atoms with Crippen LogP contribution in [-0.2, 0) is 9.59 Å². The lowest BCUT2D eigenvalue weighted by atomic mass is 10.2. The van der Waals surface area contributed by atoms with E-state index in [1.807, 2.05) is 0 Å². The highest BCUT2D eigenvalue weighted by atomic mass is 19.1. The number of carbonyl (C=O) groups is 2. The quantitative estimate of drug-likeness (QED) is 0.723. The fourth-order valence-electron chi connectivity index (χ4n) is 1.43. The second kappa shape index (κ2) is 5.31. The van der Waals surface area contributed by atoms with Gasteiger partial charge in [-0.3, -0.25) is 14.5 Å². The van der Waals surface area contributed by atoms with Crippen molar-refractivity contribution >= 4 is 17.9 Å². The van der Waals surface area contributed by atoms with Gasteiger partial charge in [-0.25, -0.2) is 14.4 Å². The van der Waals surface area contributed by atoms with E-state index in [4.69, 9.17) is 0 Å². The number of alkyl halides is 1. The highest BCUT2D eigenvalue weighted by Crippen LogP contribution is 2.08. The van der Waals surface area contributed by atoms with Gasteiger partial charge in [-0.15, -0.1) is 0 Å². The van der Waals surface area contributed by atoms with E-state index in [2.05, 4.69) is 9.97 Å². The molecule has 0 radical (unpaired) electrons. The molecule has 0 saturated heterocycles.